The fourth-order valence-corrected chi connectivity index (χ4v) is 3.27. The number of aromatic nitrogens is 1. The van der Waals surface area contributed by atoms with E-state index >= 15 is 0 Å². The Bertz CT molecular complexity index is 783. The highest BCUT2D eigenvalue weighted by Crippen LogP contribution is 2.26. The Morgan fingerprint density at radius 3 is 2.77 bits per heavy atom. The molecule has 1 aliphatic rings. The van der Waals surface area contributed by atoms with Crippen LogP contribution in [0.1, 0.15) is 58.8 Å². The number of hydrogen-bond acceptors (Lipinski definition) is 5. The third-order valence-corrected chi connectivity index (χ3v) is 4.60. The van der Waals surface area contributed by atoms with Crippen molar-refractivity contribution in [1.82, 2.24) is 9.88 Å². The number of methoxy groups -OCH3 is 1. The number of amides is 1. The van der Waals surface area contributed by atoms with Crippen LogP contribution in [0.15, 0.2) is 34.9 Å². The van der Waals surface area contributed by atoms with E-state index in [9.17, 15) is 14.0 Å². The standard InChI is InChI=1S/C19H21FN2O4/c1-25-19(24)16-12-26-17(21-16)11-22(15-8-3-2-4-9-15)18(23)13-6-5-7-14(20)10-13/h5-7,10,12,15H,2-4,8-9,11H2,1H3. The van der Waals surface area contributed by atoms with Crippen LogP contribution >= 0.6 is 0 Å². The molecule has 1 heterocycles. The summed E-state index contributed by atoms with van der Waals surface area (Å²) in [4.78, 5) is 30.3. The maximum atomic E-state index is 13.5. The second-order valence-corrected chi connectivity index (χ2v) is 6.35. The minimum absolute atomic E-state index is 0.0352. The third-order valence-electron chi connectivity index (χ3n) is 4.60. The minimum atomic E-state index is -0.597. The van der Waals surface area contributed by atoms with Gasteiger partial charge in [0.1, 0.15) is 12.1 Å². The van der Waals surface area contributed by atoms with Gasteiger partial charge in [-0.05, 0) is 31.0 Å². The predicted octanol–water partition coefficient (Wildman–Crippen LogP) is 3.58. The topological polar surface area (TPSA) is 72.6 Å². The summed E-state index contributed by atoms with van der Waals surface area (Å²) in [6, 6.07) is 5.68. The maximum Gasteiger partial charge on any atom is 0.360 e. The van der Waals surface area contributed by atoms with Crippen molar-refractivity contribution in [2.75, 3.05) is 7.11 Å². The van der Waals surface area contributed by atoms with Crippen LogP contribution in [-0.4, -0.2) is 34.9 Å². The van der Waals surface area contributed by atoms with E-state index in [4.69, 9.17) is 4.42 Å². The molecule has 7 heteroatoms. The summed E-state index contributed by atoms with van der Waals surface area (Å²) in [6.45, 7) is 0.122. The first-order valence-electron chi connectivity index (χ1n) is 8.67. The number of nitrogens with zero attached hydrogens (tertiary/aromatic N) is 2. The Morgan fingerprint density at radius 1 is 1.31 bits per heavy atom. The number of carbonyl (C=O) groups excluding carboxylic acids is 2. The molecule has 1 aromatic carbocycles. The summed E-state index contributed by atoms with van der Waals surface area (Å²) in [5, 5.41) is 0. The largest absolute Gasteiger partial charge is 0.464 e. The average molecular weight is 360 g/mol. The van der Waals surface area contributed by atoms with E-state index < -0.39 is 11.8 Å². The second kappa shape index (κ2) is 8.12. The van der Waals surface area contributed by atoms with Crippen molar-refractivity contribution in [3.63, 3.8) is 0 Å². The highest BCUT2D eigenvalue weighted by Gasteiger charge is 2.28. The number of benzene rings is 1. The Hall–Kier alpha value is -2.70. The molecule has 1 fully saturated rings. The molecule has 6 nitrogen and oxygen atoms in total. The van der Waals surface area contributed by atoms with Crippen LogP contribution in [0.4, 0.5) is 4.39 Å². The van der Waals surface area contributed by atoms with Gasteiger partial charge in [0.25, 0.3) is 5.91 Å². The fourth-order valence-electron chi connectivity index (χ4n) is 3.27. The van der Waals surface area contributed by atoms with Gasteiger partial charge in [-0.1, -0.05) is 25.3 Å². The molecule has 1 amide bonds. The summed E-state index contributed by atoms with van der Waals surface area (Å²) in [5.74, 6) is -1.07. The van der Waals surface area contributed by atoms with Gasteiger partial charge in [0.15, 0.2) is 5.69 Å². The second-order valence-electron chi connectivity index (χ2n) is 6.35. The lowest BCUT2D eigenvalue weighted by molar-refractivity contribution is 0.0590. The van der Waals surface area contributed by atoms with Gasteiger partial charge in [-0.2, -0.15) is 0 Å². The summed E-state index contributed by atoms with van der Waals surface area (Å²) >= 11 is 0. The van der Waals surface area contributed by atoms with E-state index in [1.165, 1.54) is 31.6 Å². The number of halogens is 1. The number of ether oxygens (including phenoxy) is 1. The summed E-state index contributed by atoms with van der Waals surface area (Å²) < 4.78 is 23.5. The molecule has 1 aromatic heterocycles. The molecule has 1 saturated carbocycles. The molecule has 2 aromatic rings. The molecular formula is C19H21FN2O4. The Balaban J connectivity index is 1.84. The Labute approximate surface area is 151 Å². The van der Waals surface area contributed by atoms with Crippen LogP contribution in [-0.2, 0) is 11.3 Å². The van der Waals surface area contributed by atoms with E-state index in [1.54, 1.807) is 11.0 Å². The van der Waals surface area contributed by atoms with Crippen molar-refractivity contribution in [2.24, 2.45) is 0 Å². The van der Waals surface area contributed by atoms with Gasteiger partial charge < -0.3 is 14.1 Å². The van der Waals surface area contributed by atoms with Crippen molar-refractivity contribution in [3.8, 4) is 0 Å². The van der Waals surface area contributed by atoms with Crippen LogP contribution in [0, 0.1) is 5.82 Å². The molecule has 26 heavy (non-hydrogen) atoms. The first kappa shape index (κ1) is 18.1. The zero-order valence-corrected chi connectivity index (χ0v) is 14.6. The van der Waals surface area contributed by atoms with Gasteiger partial charge in [-0.3, -0.25) is 4.79 Å². The molecule has 0 aliphatic heterocycles. The number of oxazole rings is 1. The SMILES string of the molecule is COC(=O)c1coc(CN(C(=O)c2cccc(F)c2)C2CCCCC2)n1. The molecule has 0 bridgehead atoms. The normalized spacial score (nSPS) is 14.8. The van der Waals surface area contributed by atoms with Crippen molar-refractivity contribution in [1.29, 1.82) is 0 Å². The van der Waals surface area contributed by atoms with E-state index in [-0.39, 0.29) is 35.6 Å². The number of rotatable bonds is 5. The van der Waals surface area contributed by atoms with Crippen LogP contribution in [0.2, 0.25) is 0 Å². The smallest absolute Gasteiger partial charge is 0.360 e. The van der Waals surface area contributed by atoms with E-state index in [2.05, 4.69) is 9.72 Å². The summed E-state index contributed by atoms with van der Waals surface area (Å²) in [5.41, 5.74) is 0.347. The van der Waals surface area contributed by atoms with Crippen molar-refractivity contribution in [3.05, 3.63) is 53.5 Å². The van der Waals surface area contributed by atoms with Crippen LogP contribution in [0.25, 0.3) is 0 Å². The molecule has 138 valence electrons. The fraction of sp³-hybridized carbons (Fsp3) is 0.421. The summed E-state index contributed by atoms with van der Waals surface area (Å²) in [6.07, 6.45) is 6.20. The van der Waals surface area contributed by atoms with Gasteiger partial charge in [0, 0.05) is 11.6 Å². The average Bonchev–Trinajstić information content (AvgIpc) is 3.14. The van der Waals surface area contributed by atoms with Crippen molar-refractivity contribution < 1.29 is 23.1 Å². The summed E-state index contributed by atoms with van der Waals surface area (Å²) in [7, 11) is 1.26. The molecule has 0 radical (unpaired) electrons. The van der Waals surface area contributed by atoms with Crippen LogP contribution in [0.5, 0.6) is 0 Å². The highest BCUT2D eigenvalue weighted by atomic mass is 19.1. The quantitative estimate of drug-likeness (QED) is 0.762. The number of esters is 1. The predicted molar refractivity (Wildman–Crippen MR) is 91.0 cm³/mol. The molecule has 3 rings (SSSR count). The van der Waals surface area contributed by atoms with E-state index in [1.807, 2.05) is 0 Å². The molecule has 0 atom stereocenters. The van der Waals surface area contributed by atoms with E-state index in [0.29, 0.717) is 0 Å². The van der Waals surface area contributed by atoms with Gasteiger partial charge in [-0.15, -0.1) is 0 Å². The molecule has 0 saturated heterocycles. The maximum absolute atomic E-state index is 13.5. The molecule has 0 spiro atoms. The van der Waals surface area contributed by atoms with Gasteiger partial charge >= 0.3 is 5.97 Å². The van der Waals surface area contributed by atoms with Crippen LogP contribution in [0.3, 0.4) is 0 Å². The minimum Gasteiger partial charge on any atom is -0.464 e. The van der Waals surface area contributed by atoms with Crippen LogP contribution < -0.4 is 0 Å². The molecular weight excluding hydrogens is 339 g/mol. The van der Waals surface area contributed by atoms with Gasteiger partial charge in [0.2, 0.25) is 5.89 Å². The van der Waals surface area contributed by atoms with Gasteiger partial charge in [-0.25, -0.2) is 14.2 Å². The first-order chi connectivity index (χ1) is 12.6. The lowest BCUT2D eigenvalue weighted by atomic mass is 9.93. The first-order valence-corrected chi connectivity index (χ1v) is 8.67. The highest BCUT2D eigenvalue weighted by molar-refractivity contribution is 5.94. The number of hydrogen-bond donors (Lipinski definition) is 0. The zero-order chi connectivity index (χ0) is 18.5. The number of carbonyl (C=O) groups is 2. The monoisotopic (exact) mass is 360 g/mol. The van der Waals surface area contributed by atoms with Crippen molar-refractivity contribution >= 4 is 11.9 Å². The lowest BCUT2D eigenvalue weighted by Gasteiger charge is -2.33. The molecule has 0 unspecified atom stereocenters. The molecule has 1 aliphatic carbocycles. The zero-order valence-electron chi connectivity index (χ0n) is 14.6. The molecule has 0 N–H and O–H groups in total. The van der Waals surface area contributed by atoms with Gasteiger partial charge in [0.05, 0.1) is 13.7 Å². The Morgan fingerprint density at radius 2 is 2.08 bits per heavy atom. The van der Waals surface area contributed by atoms with Crippen molar-refractivity contribution in [2.45, 2.75) is 44.7 Å². The Kier molecular flexibility index (Phi) is 5.65. The van der Waals surface area contributed by atoms with E-state index in [0.717, 1.165) is 32.1 Å². The third kappa shape index (κ3) is 4.09. The lowest BCUT2D eigenvalue weighted by Crippen LogP contribution is -2.41.